The Morgan fingerprint density at radius 1 is 0.829 bits per heavy atom. The molecule has 0 saturated carbocycles. The fourth-order valence-corrected chi connectivity index (χ4v) is 6.61. The first-order valence-electron chi connectivity index (χ1n) is 12.4. The third kappa shape index (κ3) is 8.82. The monoisotopic (exact) mass is 505 g/mol. The van der Waals surface area contributed by atoms with Gasteiger partial charge in [0.2, 0.25) is 0 Å². The minimum absolute atomic E-state index is 0.282. The average Bonchev–Trinajstić information content (AvgIpc) is 2.77. The summed E-state index contributed by atoms with van der Waals surface area (Å²) in [6.45, 7) is 17.3. The molecule has 0 amide bonds. The summed E-state index contributed by atoms with van der Waals surface area (Å²) in [6, 6.07) is 20.0. The van der Waals surface area contributed by atoms with Gasteiger partial charge in [-0.25, -0.2) is 0 Å². The van der Waals surface area contributed by atoms with Gasteiger partial charge in [0.05, 0.1) is 26.4 Å². The predicted octanol–water partition coefficient (Wildman–Crippen LogP) is 7.61. The van der Waals surface area contributed by atoms with Gasteiger partial charge in [0.1, 0.15) is 11.9 Å². The van der Waals surface area contributed by atoms with E-state index in [0.717, 1.165) is 11.1 Å². The number of ether oxygens (including phenoxy) is 1. The first-order valence-corrected chi connectivity index (χ1v) is 14.0. The van der Waals surface area contributed by atoms with Crippen LogP contribution in [-0.4, -0.2) is 36.2 Å². The highest BCUT2D eigenvalue weighted by Crippen LogP contribution is 2.61. The van der Waals surface area contributed by atoms with E-state index < -0.39 is 30.4 Å². The van der Waals surface area contributed by atoms with Crippen molar-refractivity contribution in [3.63, 3.8) is 0 Å². The summed E-state index contributed by atoms with van der Waals surface area (Å²) < 4.78 is 32.0. The van der Waals surface area contributed by atoms with Crippen molar-refractivity contribution in [2.24, 2.45) is 5.41 Å². The Morgan fingerprint density at radius 2 is 1.34 bits per heavy atom. The van der Waals surface area contributed by atoms with Crippen LogP contribution in [-0.2, 0) is 29.8 Å². The van der Waals surface area contributed by atoms with Gasteiger partial charge in [-0.05, 0) is 51.2 Å². The highest BCUT2D eigenvalue weighted by atomic mass is 31.2. The van der Waals surface area contributed by atoms with E-state index in [1.807, 2.05) is 121 Å². The molecular formula is C28H44NO5P. The number of hydrogen-bond acceptors (Lipinski definition) is 6. The molecule has 0 aliphatic rings. The van der Waals surface area contributed by atoms with Crippen LogP contribution in [0.2, 0.25) is 0 Å². The van der Waals surface area contributed by atoms with Crippen LogP contribution in [0.3, 0.4) is 0 Å². The van der Waals surface area contributed by atoms with Crippen LogP contribution in [0.15, 0.2) is 60.7 Å². The lowest BCUT2D eigenvalue weighted by Crippen LogP contribution is -2.54. The van der Waals surface area contributed by atoms with E-state index in [2.05, 4.69) is 0 Å². The van der Waals surface area contributed by atoms with Gasteiger partial charge in [-0.2, -0.15) is 5.06 Å². The highest BCUT2D eigenvalue weighted by molar-refractivity contribution is 7.54. The zero-order chi connectivity index (χ0) is 26.1. The summed E-state index contributed by atoms with van der Waals surface area (Å²) in [6.07, 6.45) is -0.416. The summed E-state index contributed by atoms with van der Waals surface area (Å²) in [7, 11) is -3.56. The van der Waals surface area contributed by atoms with Crippen molar-refractivity contribution in [3.8, 4) is 0 Å². The van der Waals surface area contributed by atoms with Crippen LogP contribution < -0.4 is 0 Å². The Labute approximate surface area is 212 Å². The van der Waals surface area contributed by atoms with Crippen molar-refractivity contribution in [2.45, 2.75) is 79.4 Å². The standard InChI is InChI=1S/C28H44NO5P/c1-9-32-35(30,33-10-2)26(27(3,4)5)29(28(6,7)8)34-25(24-19-15-12-16-20-24)22-31-21-23-17-13-11-14-18-23/h11-20,25-26H,9-10,21-22H2,1-8H3. The molecule has 2 rings (SSSR count). The molecule has 0 radical (unpaired) electrons. The van der Waals surface area contributed by atoms with Gasteiger partial charge in [0.15, 0.2) is 0 Å². The minimum Gasteiger partial charge on any atom is -0.374 e. The van der Waals surface area contributed by atoms with Gasteiger partial charge in [-0.3, -0.25) is 9.40 Å². The number of nitrogens with zero attached hydrogens (tertiary/aromatic N) is 1. The maximum Gasteiger partial charge on any atom is 0.350 e. The van der Waals surface area contributed by atoms with Crippen LogP contribution in [0.5, 0.6) is 0 Å². The van der Waals surface area contributed by atoms with E-state index in [9.17, 15) is 4.57 Å². The number of hydroxylamine groups is 2. The molecule has 0 aromatic heterocycles. The topological polar surface area (TPSA) is 57.2 Å². The molecule has 0 spiro atoms. The van der Waals surface area contributed by atoms with E-state index in [-0.39, 0.29) is 13.2 Å². The Kier molecular flexibility index (Phi) is 11.1. The highest BCUT2D eigenvalue weighted by Gasteiger charge is 2.51. The van der Waals surface area contributed by atoms with Crippen LogP contribution in [0.1, 0.15) is 72.6 Å². The predicted molar refractivity (Wildman–Crippen MR) is 142 cm³/mol. The second kappa shape index (κ2) is 13.1. The van der Waals surface area contributed by atoms with Crippen LogP contribution >= 0.6 is 7.60 Å². The van der Waals surface area contributed by atoms with Crippen LogP contribution in [0.4, 0.5) is 0 Å². The number of benzene rings is 2. The maximum absolute atomic E-state index is 14.2. The molecule has 196 valence electrons. The Balaban J connectivity index is 2.43. The molecule has 0 N–H and O–H groups in total. The third-order valence-electron chi connectivity index (χ3n) is 5.37. The zero-order valence-corrected chi connectivity index (χ0v) is 23.6. The first kappa shape index (κ1) is 29.7. The van der Waals surface area contributed by atoms with Crippen molar-refractivity contribution >= 4 is 7.60 Å². The summed E-state index contributed by atoms with van der Waals surface area (Å²) in [5.41, 5.74) is 1.09. The maximum atomic E-state index is 14.2. The molecule has 0 aliphatic heterocycles. The van der Waals surface area contributed by atoms with E-state index >= 15 is 0 Å². The smallest absolute Gasteiger partial charge is 0.350 e. The SMILES string of the molecule is CCOP(=O)(OCC)C(N(OC(COCc1ccccc1)c1ccccc1)C(C)(C)C)C(C)(C)C. The number of rotatable bonds is 13. The van der Waals surface area contributed by atoms with Crippen molar-refractivity contribution in [3.05, 3.63) is 71.8 Å². The number of hydrogen-bond donors (Lipinski definition) is 0. The van der Waals surface area contributed by atoms with Crippen LogP contribution in [0.25, 0.3) is 0 Å². The lowest BCUT2D eigenvalue weighted by atomic mass is 9.94. The minimum atomic E-state index is -3.56. The first-order chi connectivity index (χ1) is 16.4. The zero-order valence-electron chi connectivity index (χ0n) is 22.7. The quantitative estimate of drug-likeness (QED) is 0.206. The molecule has 6 nitrogen and oxygen atoms in total. The molecule has 0 heterocycles. The molecule has 2 aromatic carbocycles. The van der Waals surface area contributed by atoms with Crippen molar-refractivity contribution in [1.29, 1.82) is 0 Å². The summed E-state index contributed by atoms with van der Waals surface area (Å²) in [5, 5.41) is 1.82. The molecule has 7 heteroatoms. The van der Waals surface area contributed by atoms with Gasteiger partial charge in [0, 0.05) is 5.54 Å². The summed E-state index contributed by atoms with van der Waals surface area (Å²) in [5.74, 6) is -0.643. The third-order valence-corrected chi connectivity index (χ3v) is 8.19. The molecule has 35 heavy (non-hydrogen) atoms. The van der Waals surface area contributed by atoms with E-state index in [1.165, 1.54) is 0 Å². The Hall–Kier alpha value is -1.53. The molecule has 0 aliphatic carbocycles. The normalized spacial score (nSPS) is 14.8. The lowest BCUT2D eigenvalue weighted by molar-refractivity contribution is -0.276. The molecule has 0 bridgehead atoms. The second-order valence-electron chi connectivity index (χ2n) is 10.6. The largest absolute Gasteiger partial charge is 0.374 e. The Morgan fingerprint density at radius 3 is 1.80 bits per heavy atom. The summed E-state index contributed by atoms with van der Waals surface area (Å²) >= 11 is 0. The average molecular weight is 506 g/mol. The fourth-order valence-electron chi connectivity index (χ4n) is 3.93. The van der Waals surface area contributed by atoms with Gasteiger partial charge in [-0.1, -0.05) is 81.4 Å². The molecule has 0 saturated heterocycles. The summed E-state index contributed by atoms with van der Waals surface area (Å²) in [4.78, 5) is 6.74. The Bertz CT molecular complexity index is 898. The van der Waals surface area contributed by atoms with Gasteiger partial charge >= 0.3 is 7.60 Å². The van der Waals surface area contributed by atoms with Crippen molar-refractivity contribution in [2.75, 3.05) is 19.8 Å². The van der Waals surface area contributed by atoms with E-state index in [0.29, 0.717) is 13.2 Å². The van der Waals surface area contributed by atoms with E-state index in [4.69, 9.17) is 18.6 Å². The molecular weight excluding hydrogens is 461 g/mol. The molecule has 2 unspecified atom stereocenters. The molecule has 2 atom stereocenters. The van der Waals surface area contributed by atoms with Crippen molar-refractivity contribution in [1.82, 2.24) is 5.06 Å². The fraction of sp³-hybridized carbons (Fsp3) is 0.571. The van der Waals surface area contributed by atoms with Crippen LogP contribution in [0, 0.1) is 5.41 Å². The lowest BCUT2D eigenvalue weighted by Gasteiger charge is -2.48. The molecule has 0 fully saturated rings. The second-order valence-corrected chi connectivity index (χ2v) is 12.7. The van der Waals surface area contributed by atoms with Gasteiger partial charge in [0.25, 0.3) is 0 Å². The van der Waals surface area contributed by atoms with E-state index in [1.54, 1.807) is 0 Å². The van der Waals surface area contributed by atoms with Crippen molar-refractivity contribution < 1.29 is 23.2 Å². The van der Waals surface area contributed by atoms with Gasteiger partial charge in [-0.15, -0.1) is 0 Å². The molecule has 2 aromatic rings. The van der Waals surface area contributed by atoms with Gasteiger partial charge < -0.3 is 13.8 Å².